The van der Waals surface area contributed by atoms with Crippen molar-refractivity contribution in [1.82, 2.24) is 4.98 Å². The third-order valence-electron chi connectivity index (χ3n) is 2.57. The van der Waals surface area contributed by atoms with Crippen LogP contribution in [0.4, 0.5) is 0 Å². The summed E-state index contributed by atoms with van der Waals surface area (Å²) in [5, 5.41) is 1.95. The van der Waals surface area contributed by atoms with Crippen LogP contribution in [0, 0.1) is 0 Å². The maximum Gasteiger partial charge on any atom is 0.356 e. The number of hydrogen-bond acceptors (Lipinski definition) is 3. The highest BCUT2D eigenvalue weighted by Gasteiger charge is 2.09. The van der Waals surface area contributed by atoms with E-state index in [1.165, 1.54) is 0 Å². The number of para-hydroxylation sites is 1. The third kappa shape index (κ3) is 3.29. The fraction of sp³-hybridized carbons (Fsp3) is 0.286. The highest BCUT2D eigenvalue weighted by molar-refractivity contribution is 9.09. The molecule has 0 saturated heterocycles. The van der Waals surface area contributed by atoms with E-state index in [9.17, 15) is 4.79 Å². The van der Waals surface area contributed by atoms with Gasteiger partial charge in [-0.3, -0.25) is 0 Å². The van der Waals surface area contributed by atoms with Crippen LogP contribution in [0.5, 0.6) is 0 Å². The van der Waals surface area contributed by atoms with Gasteiger partial charge in [0.05, 0.1) is 12.1 Å². The van der Waals surface area contributed by atoms with Gasteiger partial charge in [-0.25, -0.2) is 9.78 Å². The second kappa shape index (κ2) is 6.50. The highest BCUT2D eigenvalue weighted by Crippen LogP contribution is 2.12. The van der Waals surface area contributed by atoms with Gasteiger partial charge in [-0.2, -0.15) is 0 Å². The molecule has 1 heterocycles. The van der Waals surface area contributed by atoms with Crippen molar-refractivity contribution in [1.29, 1.82) is 0 Å². The molecule has 0 aliphatic heterocycles. The van der Waals surface area contributed by atoms with Crippen LogP contribution in [-0.2, 0) is 4.74 Å². The highest BCUT2D eigenvalue weighted by atomic mass is 79.9. The molecule has 0 amide bonds. The number of pyridine rings is 1. The number of benzene rings is 1. The van der Waals surface area contributed by atoms with Crippen LogP contribution in [-0.4, -0.2) is 22.9 Å². The first-order valence-electron chi connectivity index (χ1n) is 5.90. The van der Waals surface area contributed by atoms with Crippen LogP contribution in [0.3, 0.4) is 0 Å². The summed E-state index contributed by atoms with van der Waals surface area (Å²) in [5.74, 6) is -0.352. The summed E-state index contributed by atoms with van der Waals surface area (Å²) in [6.45, 7) is 0.443. The molecule has 94 valence electrons. The fourth-order valence-electron chi connectivity index (χ4n) is 1.62. The van der Waals surface area contributed by atoms with Crippen LogP contribution in [0.15, 0.2) is 36.4 Å². The van der Waals surface area contributed by atoms with Crippen molar-refractivity contribution in [3.8, 4) is 0 Å². The normalized spacial score (nSPS) is 10.5. The molecule has 0 radical (unpaired) electrons. The first-order chi connectivity index (χ1) is 8.81. The molecular weight excluding hydrogens is 294 g/mol. The maximum atomic E-state index is 11.8. The van der Waals surface area contributed by atoms with E-state index in [-0.39, 0.29) is 5.97 Å². The standard InChI is InChI=1S/C14H14BrNO2/c15-9-3-4-10-18-14(17)13-8-7-11-5-1-2-6-12(11)16-13/h1-2,5-8H,3-4,9-10H2. The van der Waals surface area contributed by atoms with E-state index in [4.69, 9.17) is 4.74 Å². The number of carbonyl (C=O) groups is 1. The molecule has 18 heavy (non-hydrogen) atoms. The lowest BCUT2D eigenvalue weighted by atomic mass is 10.2. The topological polar surface area (TPSA) is 39.2 Å². The van der Waals surface area contributed by atoms with Gasteiger partial charge in [0.1, 0.15) is 5.69 Å². The van der Waals surface area contributed by atoms with Crippen molar-refractivity contribution in [3.63, 3.8) is 0 Å². The molecule has 1 aromatic heterocycles. The largest absolute Gasteiger partial charge is 0.461 e. The predicted molar refractivity (Wildman–Crippen MR) is 75.1 cm³/mol. The van der Waals surface area contributed by atoms with Crippen molar-refractivity contribution >= 4 is 32.8 Å². The quantitative estimate of drug-likeness (QED) is 0.481. The first-order valence-corrected chi connectivity index (χ1v) is 7.02. The number of carbonyl (C=O) groups excluding carboxylic acids is 1. The summed E-state index contributed by atoms with van der Waals surface area (Å²) in [7, 11) is 0. The molecule has 0 saturated carbocycles. The summed E-state index contributed by atoms with van der Waals surface area (Å²) in [6.07, 6.45) is 1.86. The van der Waals surface area contributed by atoms with Gasteiger partial charge in [0.2, 0.25) is 0 Å². The van der Waals surface area contributed by atoms with Crippen LogP contribution >= 0.6 is 15.9 Å². The van der Waals surface area contributed by atoms with E-state index in [1.807, 2.05) is 30.3 Å². The Labute approximate surface area is 114 Å². The zero-order valence-electron chi connectivity index (χ0n) is 9.93. The van der Waals surface area contributed by atoms with E-state index >= 15 is 0 Å². The van der Waals surface area contributed by atoms with Crippen molar-refractivity contribution in [2.75, 3.05) is 11.9 Å². The van der Waals surface area contributed by atoms with Gasteiger partial charge < -0.3 is 4.74 Å². The molecule has 2 rings (SSSR count). The Bertz CT molecular complexity index is 542. The molecule has 1 aromatic carbocycles. The number of rotatable bonds is 5. The summed E-state index contributed by atoms with van der Waals surface area (Å²) >= 11 is 3.34. The van der Waals surface area contributed by atoms with Gasteiger partial charge in [-0.05, 0) is 25.0 Å². The summed E-state index contributed by atoms with van der Waals surface area (Å²) in [5.41, 5.74) is 1.18. The number of aromatic nitrogens is 1. The van der Waals surface area contributed by atoms with Gasteiger partial charge >= 0.3 is 5.97 Å². The average Bonchev–Trinajstić information content (AvgIpc) is 2.43. The number of nitrogens with zero attached hydrogens (tertiary/aromatic N) is 1. The van der Waals surface area contributed by atoms with E-state index in [0.717, 1.165) is 29.1 Å². The third-order valence-corrected chi connectivity index (χ3v) is 3.13. The second-order valence-corrected chi connectivity index (χ2v) is 4.71. The van der Waals surface area contributed by atoms with Crippen LogP contribution in [0.2, 0.25) is 0 Å². The molecule has 0 unspecified atom stereocenters. The van der Waals surface area contributed by atoms with Gasteiger partial charge in [-0.15, -0.1) is 0 Å². The Morgan fingerprint density at radius 3 is 2.83 bits per heavy atom. The molecule has 2 aromatic rings. The van der Waals surface area contributed by atoms with Crippen LogP contribution in [0.25, 0.3) is 10.9 Å². The Morgan fingerprint density at radius 2 is 2.00 bits per heavy atom. The van der Waals surface area contributed by atoms with Crippen molar-refractivity contribution < 1.29 is 9.53 Å². The van der Waals surface area contributed by atoms with Crippen LogP contribution in [0.1, 0.15) is 23.3 Å². The lowest BCUT2D eigenvalue weighted by molar-refractivity contribution is 0.0493. The number of fused-ring (bicyclic) bond motifs is 1. The lowest BCUT2D eigenvalue weighted by Gasteiger charge is -2.04. The molecule has 0 atom stereocenters. The Kier molecular flexibility index (Phi) is 4.70. The van der Waals surface area contributed by atoms with Crippen molar-refractivity contribution in [2.45, 2.75) is 12.8 Å². The van der Waals surface area contributed by atoms with Gasteiger partial charge in [0, 0.05) is 10.7 Å². The van der Waals surface area contributed by atoms with Crippen molar-refractivity contribution in [2.24, 2.45) is 0 Å². The average molecular weight is 308 g/mol. The Hall–Kier alpha value is -1.42. The number of halogens is 1. The number of ether oxygens (including phenoxy) is 1. The summed E-state index contributed by atoms with van der Waals surface area (Å²) in [6, 6.07) is 11.3. The van der Waals surface area contributed by atoms with Gasteiger partial charge in [0.25, 0.3) is 0 Å². The van der Waals surface area contributed by atoms with Crippen LogP contribution < -0.4 is 0 Å². The predicted octanol–water partition coefficient (Wildman–Crippen LogP) is 3.57. The second-order valence-electron chi connectivity index (χ2n) is 3.92. The molecule has 0 spiro atoms. The van der Waals surface area contributed by atoms with Gasteiger partial charge in [-0.1, -0.05) is 40.2 Å². The van der Waals surface area contributed by atoms with E-state index < -0.39 is 0 Å². The SMILES string of the molecule is O=C(OCCCCBr)c1ccc2ccccc2n1. The number of alkyl halides is 1. The molecule has 0 N–H and O–H groups in total. The van der Waals surface area contributed by atoms with Crippen molar-refractivity contribution in [3.05, 3.63) is 42.1 Å². The van der Waals surface area contributed by atoms with Gasteiger partial charge in [0.15, 0.2) is 0 Å². The fourth-order valence-corrected chi connectivity index (χ4v) is 2.01. The molecule has 0 aliphatic rings. The minimum Gasteiger partial charge on any atom is -0.461 e. The lowest BCUT2D eigenvalue weighted by Crippen LogP contribution is -2.08. The van der Waals surface area contributed by atoms with E-state index in [0.29, 0.717) is 12.3 Å². The zero-order valence-corrected chi connectivity index (χ0v) is 11.5. The molecule has 4 heteroatoms. The van der Waals surface area contributed by atoms with E-state index in [2.05, 4.69) is 20.9 Å². The summed E-state index contributed by atoms with van der Waals surface area (Å²) < 4.78 is 5.16. The molecule has 0 bridgehead atoms. The number of unbranched alkanes of at least 4 members (excludes halogenated alkanes) is 1. The smallest absolute Gasteiger partial charge is 0.356 e. The molecule has 0 fully saturated rings. The number of esters is 1. The monoisotopic (exact) mass is 307 g/mol. The first kappa shape index (κ1) is 13.0. The summed E-state index contributed by atoms with van der Waals surface area (Å²) in [4.78, 5) is 16.0. The Balaban J connectivity index is 2.04. The number of hydrogen-bond donors (Lipinski definition) is 0. The minimum absolute atomic E-state index is 0.352. The zero-order chi connectivity index (χ0) is 12.8. The Morgan fingerprint density at radius 1 is 1.17 bits per heavy atom. The maximum absolute atomic E-state index is 11.8. The molecular formula is C14H14BrNO2. The molecule has 3 nitrogen and oxygen atoms in total. The van der Waals surface area contributed by atoms with E-state index in [1.54, 1.807) is 6.07 Å². The molecule has 0 aliphatic carbocycles. The minimum atomic E-state index is -0.352.